The lowest BCUT2D eigenvalue weighted by molar-refractivity contribution is -0.204. The van der Waals surface area contributed by atoms with Crippen molar-refractivity contribution in [3.63, 3.8) is 0 Å². The van der Waals surface area contributed by atoms with Crippen LogP contribution in [0.2, 0.25) is 0 Å². The second-order valence-electron chi connectivity index (χ2n) is 3.99. The van der Waals surface area contributed by atoms with Crippen LogP contribution in [0, 0.1) is 13.8 Å². The number of hydrogen-bond acceptors (Lipinski definition) is 2. The average Bonchev–Trinajstić information content (AvgIpc) is 2.12. The van der Waals surface area contributed by atoms with Crippen LogP contribution >= 0.6 is 0 Å². The first-order valence-corrected chi connectivity index (χ1v) is 4.77. The topological polar surface area (TPSA) is 63.3 Å². The summed E-state index contributed by atoms with van der Waals surface area (Å²) in [6, 6.07) is 3.91. The van der Waals surface area contributed by atoms with Gasteiger partial charge in [0.1, 0.15) is 0 Å². The highest BCUT2D eigenvalue weighted by atomic mass is 19.4. The van der Waals surface area contributed by atoms with E-state index in [0.717, 1.165) is 12.1 Å². The van der Waals surface area contributed by atoms with Gasteiger partial charge < -0.3 is 10.8 Å². The van der Waals surface area contributed by atoms with E-state index < -0.39 is 23.2 Å². The first kappa shape index (κ1) is 13.5. The highest BCUT2D eigenvalue weighted by Gasteiger charge is 2.59. The van der Waals surface area contributed by atoms with Crippen molar-refractivity contribution in [2.45, 2.75) is 25.6 Å². The van der Waals surface area contributed by atoms with Crippen LogP contribution in [0.15, 0.2) is 18.2 Å². The van der Waals surface area contributed by atoms with E-state index in [1.54, 1.807) is 19.9 Å². The zero-order chi connectivity index (χ0) is 13.4. The summed E-state index contributed by atoms with van der Waals surface area (Å²) in [4.78, 5) is 10.8. The van der Waals surface area contributed by atoms with E-state index in [-0.39, 0.29) is 0 Å². The Bertz CT molecular complexity index is 436. The second-order valence-corrected chi connectivity index (χ2v) is 3.99. The molecule has 0 aliphatic carbocycles. The van der Waals surface area contributed by atoms with Crippen molar-refractivity contribution >= 4 is 5.97 Å². The van der Waals surface area contributed by atoms with Gasteiger partial charge >= 0.3 is 12.1 Å². The van der Waals surface area contributed by atoms with Crippen molar-refractivity contribution in [3.05, 3.63) is 34.9 Å². The Balaban J connectivity index is 3.49. The zero-order valence-corrected chi connectivity index (χ0v) is 9.30. The third kappa shape index (κ3) is 2.26. The summed E-state index contributed by atoms with van der Waals surface area (Å²) in [5.74, 6) is -2.12. The van der Waals surface area contributed by atoms with E-state index in [2.05, 4.69) is 0 Å². The van der Waals surface area contributed by atoms with Gasteiger partial charge in [0.25, 0.3) is 0 Å². The minimum atomic E-state index is -5.06. The number of hydrogen-bond donors (Lipinski definition) is 2. The third-order valence-corrected chi connectivity index (χ3v) is 2.46. The number of aliphatic carboxylic acids is 1. The highest BCUT2D eigenvalue weighted by Crippen LogP contribution is 2.37. The summed E-state index contributed by atoms with van der Waals surface area (Å²) in [6.45, 7) is 3.16. The molecule has 0 fully saturated rings. The Morgan fingerprint density at radius 1 is 1.18 bits per heavy atom. The van der Waals surface area contributed by atoms with Gasteiger partial charge in [0.2, 0.25) is 5.54 Å². The lowest BCUT2D eigenvalue weighted by Gasteiger charge is -2.28. The molecule has 94 valence electrons. The molecule has 0 aromatic heterocycles. The smallest absolute Gasteiger partial charge is 0.421 e. The van der Waals surface area contributed by atoms with E-state index in [1.165, 1.54) is 0 Å². The van der Waals surface area contributed by atoms with Crippen LogP contribution in [0.3, 0.4) is 0 Å². The van der Waals surface area contributed by atoms with Crippen LogP contribution in [0.1, 0.15) is 16.7 Å². The summed E-state index contributed by atoms with van der Waals surface area (Å²) >= 11 is 0. The summed E-state index contributed by atoms with van der Waals surface area (Å²) in [5.41, 5.74) is 2.27. The van der Waals surface area contributed by atoms with Gasteiger partial charge in [0, 0.05) is 0 Å². The predicted octanol–water partition coefficient (Wildman–Crippen LogP) is 2.10. The zero-order valence-electron chi connectivity index (χ0n) is 9.30. The fourth-order valence-corrected chi connectivity index (χ4v) is 1.61. The Labute approximate surface area is 96.0 Å². The van der Waals surface area contributed by atoms with Gasteiger partial charge in [-0.25, -0.2) is 4.79 Å². The van der Waals surface area contributed by atoms with Crippen molar-refractivity contribution in [2.24, 2.45) is 5.73 Å². The van der Waals surface area contributed by atoms with Crippen LogP contribution in [0.25, 0.3) is 0 Å². The molecule has 0 radical (unpaired) electrons. The predicted molar refractivity (Wildman–Crippen MR) is 55.5 cm³/mol. The van der Waals surface area contributed by atoms with E-state index in [1.807, 2.05) is 0 Å². The lowest BCUT2D eigenvalue weighted by Crippen LogP contribution is -2.56. The van der Waals surface area contributed by atoms with Crippen molar-refractivity contribution < 1.29 is 23.1 Å². The number of carboxylic acids is 1. The number of rotatable bonds is 2. The van der Waals surface area contributed by atoms with Crippen LogP contribution in [0.4, 0.5) is 13.2 Å². The van der Waals surface area contributed by atoms with Crippen molar-refractivity contribution in [3.8, 4) is 0 Å². The van der Waals surface area contributed by atoms with Gasteiger partial charge in [-0.3, -0.25) is 0 Å². The monoisotopic (exact) mass is 247 g/mol. The molecule has 1 unspecified atom stereocenters. The van der Waals surface area contributed by atoms with Crippen molar-refractivity contribution in [1.29, 1.82) is 0 Å². The molecule has 0 spiro atoms. The summed E-state index contributed by atoms with van der Waals surface area (Å²) < 4.78 is 38.4. The second kappa shape index (κ2) is 4.03. The van der Waals surface area contributed by atoms with Crippen molar-refractivity contribution in [2.75, 3.05) is 0 Å². The van der Waals surface area contributed by atoms with Gasteiger partial charge in [0.05, 0.1) is 0 Å². The molecule has 0 saturated carbocycles. The van der Waals surface area contributed by atoms with Crippen LogP contribution in [-0.4, -0.2) is 17.3 Å². The van der Waals surface area contributed by atoms with E-state index in [9.17, 15) is 18.0 Å². The molecule has 1 rings (SSSR count). The molecule has 1 aromatic rings. The average molecular weight is 247 g/mol. The molecule has 0 amide bonds. The number of alkyl halides is 3. The lowest BCUT2D eigenvalue weighted by atomic mass is 9.88. The number of benzene rings is 1. The fraction of sp³-hybridized carbons (Fsp3) is 0.364. The maximum absolute atomic E-state index is 12.8. The molecule has 17 heavy (non-hydrogen) atoms. The Kier molecular flexibility index (Phi) is 3.20. The highest BCUT2D eigenvalue weighted by molar-refractivity contribution is 5.81. The Morgan fingerprint density at radius 2 is 1.59 bits per heavy atom. The van der Waals surface area contributed by atoms with Gasteiger partial charge in [-0.2, -0.15) is 13.2 Å². The number of halogens is 3. The van der Waals surface area contributed by atoms with Gasteiger partial charge in [-0.05, 0) is 19.4 Å². The SMILES string of the molecule is Cc1cc(C)cc(C(N)(C(=O)O)C(F)(F)F)c1. The summed E-state index contributed by atoms with van der Waals surface area (Å²) in [6.07, 6.45) is -5.06. The summed E-state index contributed by atoms with van der Waals surface area (Å²) in [5, 5.41) is 8.76. The molecule has 3 nitrogen and oxygen atoms in total. The third-order valence-electron chi connectivity index (χ3n) is 2.46. The molecule has 0 bridgehead atoms. The van der Waals surface area contributed by atoms with Crippen LogP contribution in [-0.2, 0) is 10.3 Å². The number of carboxylic acid groups (broad SMARTS) is 1. The molecule has 6 heteroatoms. The molecular formula is C11H12F3NO2. The fourth-order valence-electron chi connectivity index (χ4n) is 1.61. The first-order chi connectivity index (χ1) is 7.59. The first-order valence-electron chi connectivity index (χ1n) is 4.77. The largest absolute Gasteiger partial charge is 0.479 e. The van der Waals surface area contributed by atoms with Gasteiger partial charge in [0.15, 0.2) is 0 Å². The molecule has 0 heterocycles. The van der Waals surface area contributed by atoms with E-state index in [0.29, 0.717) is 11.1 Å². The van der Waals surface area contributed by atoms with Gasteiger partial charge in [-0.1, -0.05) is 29.3 Å². The minimum Gasteiger partial charge on any atom is -0.479 e. The quantitative estimate of drug-likeness (QED) is 0.841. The number of carbonyl (C=O) groups is 1. The standard InChI is InChI=1S/C11H12F3NO2/c1-6-3-7(2)5-8(4-6)10(15,9(16)17)11(12,13)14/h3-5H,15H2,1-2H3,(H,16,17). The van der Waals surface area contributed by atoms with Crippen LogP contribution < -0.4 is 5.73 Å². The van der Waals surface area contributed by atoms with Crippen LogP contribution in [0.5, 0.6) is 0 Å². The molecule has 1 atom stereocenters. The Morgan fingerprint density at radius 3 is 1.88 bits per heavy atom. The Hall–Kier alpha value is -1.56. The maximum atomic E-state index is 12.8. The number of aryl methyl sites for hydroxylation is 2. The summed E-state index contributed by atoms with van der Waals surface area (Å²) in [7, 11) is 0. The van der Waals surface area contributed by atoms with Gasteiger partial charge in [-0.15, -0.1) is 0 Å². The number of nitrogens with two attached hydrogens (primary N) is 1. The molecule has 0 aliphatic heterocycles. The minimum absolute atomic E-state index is 0.463. The molecule has 1 aromatic carbocycles. The molecular weight excluding hydrogens is 235 g/mol. The van der Waals surface area contributed by atoms with E-state index >= 15 is 0 Å². The molecule has 3 N–H and O–H groups in total. The van der Waals surface area contributed by atoms with E-state index in [4.69, 9.17) is 10.8 Å². The molecule has 0 aliphatic rings. The van der Waals surface area contributed by atoms with Crippen molar-refractivity contribution in [1.82, 2.24) is 0 Å². The normalized spacial score (nSPS) is 15.4. The maximum Gasteiger partial charge on any atom is 0.421 e. The molecule has 0 saturated heterocycles.